The molecular weight excluding hydrogens is 288 g/mol. The lowest BCUT2D eigenvalue weighted by Crippen LogP contribution is -2.56. The summed E-state index contributed by atoms with van der Waals surface area (Å²) < 4.78 is 11.8. The minimum absolute atomic E-state index is 0.0598. The van der Waals surface area contributed by atoms with Gasteiger partial charge in [0.2, 0.25) is 0 Å². The smallest absolute Gasteiger partial charge is 0.302 e. The molecule has 0 N–H and O–H groups in total. The van der Waals surface area contributed by atoms with Crippen LogP contribution >= 0.6 is 0 Å². The molecule has 3 heteroatoms. The van der Waals surface area contributed by atoms with Gasteiger partial charge >= 0.3 is 5.97 Å². The second kappa shape index (κ2) is 7.83. The fourth-order valence-corrected chi connectivity index (χ4v) is 4.66. The van der Waals surface area contributed by atoms with Crippen molar-refractivity contribution in [3.05, 3.63) is 11.6 Å². The Balaban J connectivity index is 2.11. The van der Waals surface area contributed by atoms with Crippen LogP contribution in [0.2, 0.25) is 0 Å². The highest BCUT2D eigenvalue weighted by atomic mass is 16.5. The van der Waals surface area contributed by atoms with Crippen molar-refractivity contribution in [3.63, 3.8) is 0 Å². The lowest BCUT2D eigenvalue weighted by Gasteiger charge is -2.55. The Bertz CT molecular complexity index is 442. The zero-order valence-corrected chi connectivity index (χ0v) is 15.6. The first-order valence-electron chi connectivity index (χ1n) is 9.35. The number of esters is 1. The van der Waals surface area contributed by atoms with Crippen molar-refractivity contribution in [1.82, 2.24) is 0 Å². The van der Waals surface area contributed by atoms with Gasteiger partial charge in [-0.2, -0.15) is 0 Å². The van der Waals surface area contributed by atoms with Gasteiger partial charge < -0.3 is 9.47 Å². The summed E-state index contributed by atoms with van der Waals surface area (Å²) in [5, 5.41) is 0. The van der Waals surface area contributed by atoms with E-state index in [4.69, 9.17) is 9.47 Å². The molecule has 0 saturated carbocycles. The molecule has 2 rings (SSSR count). The average Bonchev–Trinajstić information content (AvgIpc) is 2.49. The molecule has 23 heavy (non-hydrogen) atoms. The van der Waals surface area contributed by atoms with Crippen LogP contribution in [0.1, 0.15) is 66.7 Å². The van der Waals surface area contributed by atoms with Crippen molar-refractivity contribution < 1.29 is 14.3 Å². The van der Waals surface area contributed by atoms with Gasteiger partial charge in [0, 0.05) is 18.3 Å². The molecule has 132 valence electrons. The van der Waals surface area contributed by atoms with Crippen LogP contribution in [0.15, 0.2) is 11.6 Å². The molecule has 2 aliphatic rings. The Morgan fingerprint density at radius 1 is 1.35 bits per heavy atom. The number of rotatable bonds is 7. The van der Waals surface area contributed by atoms with Crippen LogP contribution in [0.4, 0.5) is 0 Å². The van der Waals surface area contributed by atoms with Crippen LogP contribution in [0, 0.1) is 23.2 Å². The van der Waals surface area contributed by atoms with Crippen LogP contribution in [-0.4, -0.2) is 25.3 Å². The summed E-state index contributed by atoms with van der Waals surface area (Å²) in [4.78, 5) is 11.3. The minimum atomic E-state index is -0.191. The van der Waals surface area contributed by atoms with E-state index in [1.165, 1.54) is 38.2 Å². The second-order valence-corrected chi connectivity index (χ2v) is 7.73. The van der Waals surface area contributed by atoms with E-state index in [0.29, 0.717) is 37.1 Å². The van der Waals surface area contributed by atoms with Gasteiger partial charge in [0.05, 0.1) is 19.3 Å². The summed E-state index contributed by atoms with van der Waals surface area (Å²) >= 11 is 0. The highest BCUT2D eigenvalue weighted by Gasteiger charge is 2.53. The Kier molecular flexibility index (Phi) is 6.30. The van der Waals surface area contributed by atoms with Gasteiger partial charge in [0.25, 0.3) is 0 Å². The molecule has 1 aliphatic carbocycles. The molecule has 0 amide bonds. The summed E-state index contributed by atoms with van der Waals surface area (Å²) in [6.07, 6.45) is 9.02. The molecule has 1 saturated heterocycles. The summed E-state index contributed by atoms with van der Waals surface area (Å²) in [6, 6.07) is 0. The summed E-state index contributed by atoms with van der Waals surface area (Å²) in [5.41, 5.74) is 1.40. The van der Waals surface area contributed by atoms with Crippen LogP contribution in [-0.2, 0) is 14.3 Å². The van der Waals surface area contributed by atoms with Crippen LogP contribution in [0.3, 0.4) is 0 Å². The molecule has 5 atom stereocenters. The van der Waals surface area contributed by atoms with Gasteiger partial charge in [-0.25, -0.2) is 0 Å². The first-order chi connectivity index (χ1) is 10.9. The first kappa shape index (κ1) is 18.5. The third-order valence-electron chi connectivity index (χ3n) is 6.24. The Morgan fingerprint density at radius 3 is 2.74 bits per heavy atom. The number of carbonyl (C=O) groups excluding carboxylic acids is 1. The maximum atomic E-state index is 11.3. The molecular formula is C20H34O3. The largest absolute Gasteiger partial charge is 0.465 e. The third-order valence-corrected chi connectivity index (χ3v) is 6.24. The van der Waals surface area contributed by atoms with Gasteiger partial charge in [-0.15, -0.1) is 0 Å². The van der Waals surface area contributed by atoms with Crippen molar-refractivity contribution in [2.24, 2.45) is 23.2 Å². The highest BCUT2D eigenvalue weighted by molar-refractivity contribution is 5.65. The average molecular weight is 322 g/mol. The standard InChI is InChI=1S/C20H34O3/c1-6-7-8-9-10-18-19-14(2)11-15(3)20(13-23-18,16(19)4)12-22-17(5)21/h11,15-16,18-19H,6-10,12-13H2,1-5H3/t15-,16-,18-,19+,20-/m1/s1. The zero-order valence-electron chi connectivity index (χ0n) is 15.6. The molecule has 0 aromatic carbocycles. The van der Waals surface area contributed by atoms with Crippen LogP contribution < -0.4 is 0 Å². The molecule has 0 aromatic rings. The normalized spacial score (nSPS) is 36.5. The van der Waals surface area contributed by atoms with Crippen molar-refractivity contribution in [2.75, 3.05) is 13.2 Å². The molecule has 0 unspecified atom stereocenters. The van der Waals surface area contributed by atoms with Crippen LogP contribution in [0.5, 0.6) is 0 Å². The fraction of sp³-hybridized carbons (Fsp3) is 0.850. The number of allylic oxidation sites excluding steroid dienone is 1. The van der Waals surface area contributed by atoms with E-state index < -0.39 is 0 Å². The van der Waals surface area contributed by atoms with Crippen molar-refractivity contribution >= 4 is 5.97 Å². The zero-order chi connectivity index (χ0) is 17.0. The molecule has 3 nitrogen and oxygen atoms in total. The molecule has 1 fully saturated rings. The lowest BCUT2D eigenvalue weighted by molar-refractivity contribution is -0.180. The van der Waals surface area contributed by atoms with E-state index in [1.807, 2.05) is 0 Å². The van der Waals surface area contributed by atoms with Gasteiger partial charge in [0.1, 0.15) is 0 Å². The minimum Gasteiger partial charge on any atom is -0.465 e. The number of unbranched alkanes of at least 4 members (excludes halogenated alkanes) is 3. The molecule has 0 aromatic heterocycles. The number of fused-ring (bicyclic) bond motifs is 2. The molecule has 0 spiro atoms. The monoisotopic (exact) mass is 322 g/mol. The topological polar surface area (TPSA) is 35.5 Å². The lowest BCUT2D eigenvalue weighted by atomic mass is 9.56. The summed E-state index contributed by atoms with van der Waals surface area (Å²) in [5.74, 6) is 1.15. The van der Waals surface area contributed by atoms with Gasteiger partial charge in [-0.3, -0.25) is 4.79 Å². The predicted molar refractivity (Wildman–Crippen MR) is 93.1 cm³/mol. The number of hydrogen-bond donors (Lipinski definition) is 0. The number of ether oxygens (including phenoxy) is 2. The Morgan fingerprint density at radius 2 is 2.09 bits per heavy atom. The first-order valence-corrected chi connectivity index (χ1v) is 9.35. The van der Waals surface area contributed by atoms with E-state index in [1.54, 1.807) is 0 Å². The molecule has 0 radical (unpaired) electrons. The molecule has 1 aliphatic heterocycles. The van der Waals surface area contributed by atoms with E-state index in [2.05, 4.69) is 33.8 Å². The predicted octanol–water partition coefficient (Wildman–Crippen LogP) is 4.75. The van der Waals surface area contributed by atoms with Crippen molar-refractivity contribution in [1.29, 1.82) is 0 Å². The van der Waals surface area contributed by atoms with E-state index in [9.17, 15) is 4.79 Å². The molecule has 2 bridgehead atoms. The fourth-order valence-electron chi connectivity index (χ4n) is 4.66. The maximum absolute atomic E-state index is 11.3. The SMILES string of the molecule is CCCCCC[C@H]1OC[C@]2(COC(C)=O)[C@H](C)C=C(C)[C@H]1[C@H]2C. The quantitative estimate of drug-likeness (QED) is 0.385. The van der Waals surface area contributed by atoms with E-state index >= 15 is 0 Å². The maximum Gasteiger partial charge on any atom is 0.302 e. The van der Waals surface area contributed by atoms with Gasteiger partial charge in [-0.1, -0.05) is 58.1 Å². The van der Waals surface area contributed by atoms with Crippen molar-refractivity contribution in [3.8, 4) is 0 Å². The summed E-state index contributed by atoms with van der Waals surface area (Å²) in [6.45, 7) is 11.8. The van der Waals surface area contributed by atoms with Crippen LogP contribution in [0.25, 0.3) is 0 Å². The number of carbonyl (C=O) groups is 1. The van der Waals surface area contributed by atoms with Gasteiger partial charge in [-0.05, 0) is 25.2 Å². The Hall–Kier alpha value is -0.830. The van der Waals surface area contributed by atoms with E-state index in [0.717, 1.165) is 6.42 Å². The second-order valence-electron chi connectivity index (χ2n) is 7.73. The van der Waals surface area contributed by atoms with Gasteiger partial charge in [0.15, 0.2) is 0 Å². The highest BCUT2D eigenvalue weighted by Crippen LogP contribution is 2.53. The molecule has 1 heterocycles. The Labute approximate surface area is 141 Å². The van der Waals surface area contributed by atoms with Crippen molar-refractivity contribution in [2.45, 2.75) is 72.8 Å². The summed E-state index contributed by atoms with van der Waals surface area (Å²) in [7, 11) is 0. The number of hydrogen-bond acceptors (Lipinski definition) is 3. The third kappa shape index (κ3) is 3.81. The van der Waals surface area contributed by atoms with E-state index in [-0.39, 0.29) is 11.4 Å².